The number of Topliss-reactive ketones (excluding diaryl/α,β-unsaturated/α-hetero) is 1. The molecule has 42 heavy (non-hydrogen) atoms. The van der Waals surface area contributed by atoms with Crippen molar-refractivity contribution < 1.29 is 37.1 Å². The third kappa shape index (κ3) is 6.77. The number of alkyl halides is 4. The van der Waals surface area contributed by atoms with Gasteiger partial charge in [-0.1, -0.05) is 42.5 Å². The number of carboxylic acids is 1. The second kappa shape index (κ2) is 12.1. The summed E-state index contributed by atoms with van der Waals surface area (Å²) >= 11 is 12.5. The molecule has 1 aromatic carbocycles. The molecule has 2 aliphatic rings. The number of amides is 1. The van der Waals surface area contributed by atoms with Gasteiger partial charge in [-0.2, -0.15) is 18.3 Å². The van der Waals surface area contributed by atoms with Crippen LogP contribution in [0.4, 0.5) is 17.6 Å². The molecule has 0 atom stereocenters. The van der Waals surface area contributed by atoms with Crippen molar-refractivity contribution in [1.29, 1.82) is 0 Å². The summed E-state index contributed by atoms with van der Waals surface area (Å²) in [5, 5.41) is 13.5. The first kappa shape index (κ1) is 32.3. The topological polar surface area (TPSA) is 92.5 Å². The van der Waals surface area contributed by atoms with E-state index >= 15 is 4.39 Å². The molecule has 2 fully saturated rings. The average molecular weight is 634 g/mol. The van der Waals surface area contributed by atoms with E-state index in [1.807, 2.05) is 0 Å². The Kier molecular flexibility index (Phi) is 9.33. The van der Waals surface area contributed by atoms with E-state index in [4.69, 9.17) is 23.2 Å². The van der Waals surface area contributed by atoms with Gasteiger partial charge in [0.05, 0.1) is 51.9 Å². The van der Waals surface area contributed by atoms with Crippen LogP contribution in [0.3, 0.4) is 0 Å². The molecule has 1 amide bonds. The van der Waals surface area contributed by atoms with E-state index in [2.05, 4.69) is 5.10 Å². The highest BCUT2D eigenvalue weighted by molar-refractivity contribution is 6.40. The number of hydrogen-bond acceptors (Lipinski definition) is 4. The molecule has 7 nitrogen and oxygen atoms in total. The van der Waals surface area contributed by atoms with E-state index in [1.54, 1.807) is 13.8 Å². The van der Waals surface area contributed by atoms with Gasteiger partial charge in [0.25, 0.3) is 5.91 Å². The lowest BCUT2D eigenvalue weighted by Crippen LogP contribution is -2.46. The molecule has 1 N–H and O–H groups in total. The summed E-state index contributed by atoms with van der Waals surface area (Å²) in [6.45, 7) is 1.94. The van der Waals surface area contributed by atoms with Crippen LogP contribution in [-0.2, 0) is 11.0 Å². The number of carbonyl (C=O) groups is 3. The molecular formula is C29H33Cl2F4N3O4. The summed E-state index contributed by atoms with van der Waals surface area (Å²) in [4.78, 5) is 39.6. The molecule has 1 aromatic heterocycles. The molecule has 1 heterocycles. The van der Waals surface area contributed by atoms with Crippen LogP contribution in [0.1, 0.15) is 103 Å². The second-order valence-corrected chi connectivity index (χ2v) is 12.7. The zero-order chi connectivity index (χ0) is 31.0. The smallest absolute Gasteiger partial charge is 0.433 e. The molecule has 0 bridgehead atoms. The van der Waals surface area contributed by atoms with Gasteiger partial charge in [0.1, 0.15) is 5.67 Å². The van der Waals surface area contributed by atoms with Crippen LogP contribution in [0.25, 0.3) is 0 Å². The second-order valence-electron chi connectivity index (χ2n) is 11.8. The first-order valence-corrected chi connectivity index (χ1v) is 14.7. The Morgan fingerprint density at radius 1 is 1.07 bits per heavy atom. The Morgan fingerprint density at radius 3 is 2.17 bits per heavy atom. The van der Waals surface area contributed by atoms with Gasteiger partial charge in [0, 0.05) is 0 Å². The van der Waals surface area contributed by atoms with E-state index < -0.39 is 65.3 Å². The average Bonchev–Trinajstić information content (AvgIpc) is 3.34. The van der Waals surface area contributed by atoms with Crippen molar-refractivity contribution in [1.82, 2.24) is 14.7 Å². The van der Waals surface area contributed by atoms with Crippen LogP contribution in [0.15, 0.2) is 18.3 Å². The molecular weight excluding hydrogens is 601 g/mol. The quantitative estimate of drug-likeness (QED) is 0.237. The van der Waals surface area contributed by atoms with Crippen molar-refractivity contribution in [3.8, 4) is 0 Å². The Morgan fingerprint density at radius 2 is 1.64 bits per heavy atom. The highest BCUT2D eigenvalue weighted by Gasteiger charge is 2.46. The Balaban J connectivity index is 1.70. The van der Waals surface area contributed by atoms with Gasteiger partial charge < -0.3 is 10.0 Å². The summed E-state index contributed by atoms with van der Waals surface area (Å²) < 4.78 is 60.1. The lowest BCUT2D eigenvalue weighted by molar-refractivity contribution is -0.152. The predicted molar refractivity (Wildman–Crippen MR) is 149 cm³/mol. The number of halogens is 6. The van der Waals surface area contributed by atoms with Crippen LogP contribution in [-0.4, -0.2) is 56.2 Å². The molecule has 0 radical (unpaired) electrons. The molecule has 0 aliphatic heterocycles. The number of aliphatic carboxylic acids is 1. The Bertz CT molecular complexity index is 1340. The number of rotatable bonds is 8. The van der Waals surface area contributed by atoms with E-state index in [-0.39, 0.29) is 54.1 Å². The predicted octanol–water partition coefficient (Wildman–Crippen LogP) is 7.72. The normalized spacial score (nSPS) is 22.5. The minimum atomic E-state index is -5.01. The van der Waals surface area contributed by atoms with Crippen molar-refractivity contribution in [2.75, 3.05) is 13.1 Å². The van der Waals surface area contributed by atoms with E-state index in [9.17, 15) is 32.7 Å². The number of carbonyl (C=O) groups excluding carboxylic acids is 2. The largest absolute Gasteiger partial charge is 0.481 e. The van der Waals surface area contributed by atoms with Crippen LogP contribution in [0, 0.1) is 12.3 Å². The summed E-state index contributed by atoms with van der Waals surface area (Å²) in [6, 6.07) is 2.20. The van der Waals surface area contributed by atoms with Crippen LogP contribution >= 0.6 is 23.2 Å². The van der Waals surface area contributed by atoms with Gasteiger partial charge in [-0.25, -0.2) is 4.39 Å². The lowest BCUT2D eigenvalue weighted by Gasteiger charge is -2.35. The molecule has 13 heteroatoms. The third-order valence-electron chi connectivity index (χ3n) is 8.53. The molecule has 2 saturated carbocycles. The van der Waals surface area contributed by atoms with Gasteiger partial charge in [-0.05, 0) is 70.1 Å². The molecule has 2 aliphatic carbocycles. The Hall–Kier alpha value is -2.66. The fourth-order valence-electron chi connectivity index (χ4n) is 6.05. The zero-order valence-corrected chi connectivity index (χ0v) is 24.9. The minimum Gasteiger partial charge on any atom is -0.481 e. The summed E-state index contributed by atoms with van der Waals surface area (Å²) in [7, 11) is 0. The number of benzene rings is 1. The molecule has 4 rings (SSSR count). The third-order valence-corrected chi connectivity index (χ3v) is 9.12. The van der Waals surface area contributed by atoms with Gasteiger partial charge in [0.2, 0.25) is 0 Å². The molecule has 230 valence electrons. The van der Waals surface area contributed by atoms with Crippen LogP contribution in [0.5, 0.6) is 0 Å². The standard InChI is InChI=1S/C29H33Cl2F4N3O4/c1-17-12-20(30)23(21(31)13-17)22(39)15-37(16-28(32)8-4-3-5-9-28)25(40)19-14-36-38(24(19)29(33,34)35)18-6-10-27(2,11-7-18)26(41)42/h12-14,18H,3-11,15-16H2,1-2H3,(H,41,42). The first-order chi connectivity index (χ1) is 19.5. The molecule has 0 spiro atoms. The fraction of sp³-hybridized carbons (Fsp3) is 0.586. The molecule has 2 aromatic rings. The van der Waals surface area contributed by atoms with Gasteiger partial charge in [0.15, 0.2) is 11.5 Å². The number of aryl methyl sites for hydroxylation is 1. The SMILES string of the molecule is Cc1cc(Cl)c(C(=O)CN(CC2(F)CCCCC2)C(=O)c2cnn(C3CCC(C)(C(=O)O)CC3)c2C(F)(F)F)c(Cl)c1. The van der Waals surface area contributed by atoms with Gasteiger partial charge in [-0.15, -0.1) is 0 Å². The maximum absolute atomic E-state index is 15.9. The van der Waals surface area contributed by atoms with E-state index in [1.165, 1.54) is 12.1 Å². The number of ketones is 1. The van der Waals surface area contributed by atoms with E-state index in [0.29, 0.717) is 18.4 Å². The monoisotopic (exact) mass is 633 g/mol. The van der Waals surface area contributed by atoms with Crippen LogP contribution < -0.4 is 0 Å². The molecule has 0 unspecified atom stereocenters. The minimum absolute atomic E-state index is 0.0134. The lowest BCUT2D eigenvalue weighted by atomic mass is 9.74. The highest BCUT2D eigenvalue weighted by atomic mass is 35.5. The van der Waals surface area contributed by atoms with Crippen molar-refractivity contribution >= 4 is 40.9 Å². The fourth-order valence-corrected chi connectivity index (χ4v) is 6.86. The van der Waals surface area contributed by atoms with Gasteiger partial charge in [-0.3, -0.25) is 19.1 Å². The highest BCUT2D eigenvalue weighted by Crippen LogP contribution is 2.44. The zero-order valence-electron chi connectivity index (χ0n) is 23.4. The number of aromatic nitrogens is 2. The summed E-state index contributed by atoms with van der Waals surface area (Å²) in [5.41, 5.74) is -4.49. The number of hydrogen-bond donors (Lipinski definition) is 1. The Labute approximate surface area is 251 Å². The molecule has 0 saturated heterocycles. The van der Waals surface area contributed by atoms with Crippen molar-refractivity contribution in [2.24, 2.45) is 5.41 Å². The summed E-state index contributed by atoms with van der Waals surface area (Å²) in [5.74, 6) is -2.95. The first-order valence-electron chi connectivity index (χ1n) is 13.9. The number of carboxylic acid groups (broad SMARTS) is 1. The van der Waals surface area contributed by atoms with Crippen molar-refractivity contribution in [3.63, 3.8) is 0 Å². The summed E-state index contributed by atoms with van der Waals surface area (Å²) in [6.07, 6.45) is -1.62. The van der Waals surface area contributed by atoms with Crippen LogP contribution in [0.2, 0.25) is 10.0 Å². The van der Waals surface area contributed by atoms with E-state index in [0.717, 1.165) is 22.2 Å². The number of nitrogens with zero attached hydrogens (tertiary/aromatic N) is 3. The van der Waals surface area contributed by atoms with Crippen molar-refractivity contribution in [2.45, 2.75) is 89.5 Å². The van der Waals surface area contributed by atoms with Crippen molar-refractivity contribution in [3.05, 3.63) is 50.8 Å². The maximum atomic E-state index is 15.9. The van der Waals surface area contributed by atoms with Gasteiger partial charge >= 0.3 is 12.1 Å². The maximum Gasteiger partial charge on any atom is 0.433 e.